The molecule has 0 aliphatic carbocycles. The minimum atomic E-state index is -2.25. The summed E-state index contributed by atoms with van der Waals surface area (Å²) in [4.78, 5) is 10.8. The summed E-state index contributed by atoms with van der Waals surface area (Å²) >= 11 is -0.910. The Balaban J connectivity index is 1.63. The molecule has 0 spiro atoms. The van der Waals surface area contributed by atoms with Gasteiger partial charge in [0, 0.05) is 0 Å². The molecule has 0 radical (unpaired) electrons. The summed E-state index contributed by atoms with van der Waals surface area (Å²) in [5.41, 5.74) is 0.653. The summed E-state index contributed by atoms with van der Waals surface area (Å²) in [6.45, 7) is 0.427. The van der Waals surface area contributed by atoms with Gasteiger partial charge in [0.15, 0.2) is 0 Å². The van der Waals surface area contributed by atoms with E-state index in [1.807, 2.05) is 5.38 Å². The first kappa shape index (κ1) is 19.9. The molecule has 146 valence electrons. The normalized spacial score (nSPS) is 11.6. The van der Waals surface area contributed by atoms with Crippen molar-refractivity contribution in [1.29, 1.82) is 0 Å². The summed E-state index contributed by atoms with van der Waals surface area (Å²) in [6, 6.07) is 16.6. The van der Waals surface area contributed by atoms with E-state index in [-0.39, 0.29) is 18.8 Å². The van der Waals surface area contributed by atoms with Crippen molar-refractivity contribution in [3.8, 4) is 11.5 Å². The van der Waals surface area contributed by atoms with Crippen LogP contribution in [0.3, 0.4) is 0 Å². The Hall–Kier alpha value is -2.88. The van der Waals surface area contributed by atoms with E-state index in [0.29, 0.717) is 22.2 Å². The van der Waals surface area contributed by atoms with Gasteiger partial charge in [0.1, 0.15) is 29.7 Å². The lowest BCUT2D eigenvalue weighted by molar-refractivity contribution is 0.0697. The number of nitrogens with zero attached hydrogens (tertiary/aromatic N) is 1. The van der Waals surface area contributed by atoms with Crippen LogP contribution in [0.2, 0.25) is 0 Å². The standard InChI is InChI=1S/C19H17NO6S2/c21-19(22)14-7-9-15(10-8-14)25-11-12-26-17-5-2-1-4-16(17)20(28(23)24)18-6-3-13-27-18/h1-10,13H,11-12H2,(H,21,22)(H,23,24). The second-order valence-electron chi connectivity index (χ2n) is 5.47. The zero-order chi connectivity index (χ0) is 19.9. The van der Waals surface area contributed by atoms with Crippen molar-refractivity contribution >= 4 is 39.3 Å². The minimum absolute atomic E-state index is 0.184. The number of hydrogen-bond acceptors (Lipinski definition) is 5. The van der Waals surface area contributed by atoms with Crippen LogP contribution in [0.25, 0.3) is 0 Å². The second-order valence-corrected chi connectivity index (χ2v) is 7.22. The Kier molecular flexibility index (Phi) is 6.64. The topological polar surface area (TPSA) is 96.3 Å². The molecule has 0 aliphatic heterocycles. The second kappa shape index (κ2) is 9.36. The van der Waals surface area contributed by atoms with Crippen LogP contribution in [0.15, 0.2) is 66.0 Å². The number of carbonyl (C=O) groups is 1. The highest BCUT2D eigenvalue weighted by molar-refractivity contribution is 7.81. The molecule has 1 heterocycles. The fourth-order valence-electron chi connectivity index (χ4n) is 2.42. The van der Waals surface area contributed by atoms with E-state index in [1.165, 1.54) is 27.8 Å². The lowest BCUT2D eigenvalue weighted by Gasteiger charge is -2.21. The Morgan fingerprint density at radius 3 is 2.36 bits per heavy atom. The number of rotatable bonds is 9. The molecule has 7 nitrogen and oxygen atoms in total. The van der Waals surface area contributed by atoms with Crippen LogP contribution in [0, 0.1) is 0 Å². The van der Waals surface area contributed by atoms with Crippen molar-refractivity contribution < 1.29 is 28.1 Å². The lowest BCUT2D eigenvalue weighted by atomic mass is 10.2. The summed E-state index contributed by atoms with van der Waals surface area (Å²) in [5, 5.41) is 11.3. The average molecular weight is 419 g/mol. The molecular formula is C19H17NO6S2. The van der Waals surface area contributed by atoms with Crippen molar-refractivity contribution in [2.24, 2.45) is 0 Å². The quantitative estimate of drug-likeness (QED) is 0.399. The molecule has 0 fully saturated rings. The predicted molar refractivity (Wildman–Crippen MR) is 108 cm³/mol. The molecule has 1 aromatic heterocycles. The fourth-order valence-corrected chi connectivity index (χ4v) is 3.92. The van der Waals surface area contributed by atoms with Gasteiger partial charge in [-0.05, 0) is 53.9 Å². The van der Waals surface area contributed by atoms with Gasteiger partial charge in [0.05, 0.1) is 11.3 Å². The van der Waals surface area contributed by atoms with Gasteiger partial charge < -0.3 is 14.6 Å². The third kappa shape index (κ3) is 4.89. The number of benzene rings is 2. The maximum absolute atomic E-state index is 11.9. The van der Waals surface area contributed by atoms with Gasteiger partial charge in [0.25, 0.3) is 11.3 Å². The highest BCUT2D eigenvalue weighted by Gasteiger charge is 2.20. The molecule has 0 saturated carbocycles. The molecule has 0 amide bonds. The third-order valence-electron chi connectivity index (χ3n) is 3.66. The van der Waals surface area contributed by atoms with Gasteiger partial charge in [-0.25, -0.2) is 13.3 Å². The van der Waals surface area contributed by atoms with Crippen molar-refractivity contribution in [2.45, 2.75) is 0 Å². The van der Waals surface area contributed by atoms with E-state index < -0.39 is 17.2 Å². The van der Waals surface area contributed by atoms with Crippen LogP contribution in [-0.2, 0) is 11.3 Å². The number of thiophene rings is 1. The molecule has 2 aromatic carbocycles. The first-order valence-electron chi connectivity index (χ1n) is 8.19. The lowest BCUT2D eigenvalue weighted by Crippen LogP contribution is -2.19. The molecule has 0 aliphatic rings. The van der Waals surface area contributed by atoms with E-state index in [9.17, 15) is 13.6 Å². The molecule has 1 atom stereocenters. The molecule has 0 bridgehead atoms. The van der Waals surface area contributed by atoms with E-state index >= 15 is 0 Å². The van der Waals surface area contributed by atoms with Gasteiger partial charge >= 0.3 is 5.97 Å². The SMILES string of the molecule is O=C(O)c1ccc(OCCOc2ccccc2N(c2cccs2)S(=O)O)cc1. The van der Waals surface area contributed by atoms with Crippen molar-refractivity contribution in [2.75, 3.05) is 17.5 Å². The zero-order valence-corrected chi connectivity index (χ0v) is 16.2. The Bertz CT molecular complexity index is 943. The molecule has 0 saturated heterocycles. The molecule has 9 heteroatoms. The smallest absolute Gasteiger partial charge is 0.335 e. The largest absolute Gasteiger partial charge is 0.490 e. The molecule has 3 aromatic rings. The van der Waals surface area contributed by atoms with Crippen LogP contribution in [0.4, 0.5) is 10.7 Å². The number of carboxylic acid groups (broad SMARTS) is 1. The maximum atomic E-state index is 11.9. The minimum Gasteiger partial charge on any atom is -0.490 e. The molecule has 3 rings (SSSR count). The van der Waals surface area contributed by atoms with Gasteiger partial charge in [-0.15, -0.1) is 11.3 Å². The average Bonchev–Trinajstić information content (AvgIpc) is 3.21. The zero-order valence-electron chi connectivity index (χ0n) is 14.6. The van der Waals surface area contributed by atoms with E-state index in [0.717, 1.165) is 0 Å². The number of para-hydroxylation sites is 2. The van der Waals surface area contributed by atoms with E-state index in [2.05, 4.69) is 0 Å². The van der Waals surface area contributed by atoms with Gasteiger partial charge in [0.2, 0.25) is 0 Å². The highest BCUT2D eigenvalue weighted by atomic mass is 32.2. The van der Waals surface area contributed by atoms with Crippen LogP contribution >= 0.6 is 11.3 Å². The van der Waals surface area contributed by atoms with Crippen LogP contribution in [0.5, 0.6) is 11.5 Å². The Morgan fingerprint density at radius 1 is 1.00 bits per heavy atom. The first-order valence-corrected chi connectivity index (χ1v) is 10.1. The first-order chi connectivity index (χ1) is 13.6. The molecule has 28 heavy (non-hydrogen) atoms. The van der Waals surface area contributed by atoms with Crippen molar-refractivity contribution in [3.63, 3.8) is 0 Å². The monoisotopic (exact) mass is 419 g/mol. The van der Waals surface area contributed by atoms with Crippen LogP contribution in [0.1, 0.15) is 10.4 Å². The number of aromatic carboxylic acids is 1. The number of anilines is 2. The molecule has 2 N–H and O–H groups in total. The van der Waals surface area contributed by atoms with E-state index in [4.69, 9.17) is 14.6 Å². The van der Waals surface area contributed by atoms with Crippen LogP contribution < -0.4 is 13.8 Å². The summed E-state index contributed by atoms with van der Waals surface area (Å²) in [7, 11) is 0. The number of hydrogen-bond donors (Lipinski definition) is 2. The summed E-state index contributed by atoms with van der Waals surface area (Å²) in [6.07, 6.45) is 0. The van der Waals surface area contributed by atoms with Gasteiger partial charge in [-0.3, -0.25) is 4.55 Å². The van der Waals surface area contributed by atoms with Gasteiger partial charge in [-0.2, -0.15) is 0 Å². The fraction of sp³-hybridized carbons (Fsp3) is 0.105. The predicted octanol–water partition coefficient (Wildman–Crippen LogP) is 4.18. The number of ether oxygens (including phenoxy) is 2. The molecular weight excluding hydrogens is 402 g/mol. The van der Waals surface area contributed by atoms with Crippen LogP contribution in [-0.4, -0.2) is 33.1 Å². The third-order valence-corrected chi connectivity index (χ3v) is 5.33. The Morgan fingerprint density at radius 2 is 1.71 bits per heavy atom. The summed E-state index contributed by atoms with van der Waals surface area (Å²) in [5.74, 6) is -0.0234. The van der Waals surface area contributed by atoms with Crippen molar-refractivity contribution in [1.82, 2.24) is 0 Å². The highest BCUT2D eigenvalue weighted by Crippen LogP contribution is 2.36. The Labute approximate surface area is 168 Å². The van der Waals surface area contributed by atoms with Crippen molar-refractivity contribution in [3.05, 3.63) is 71.6 Å². The summed E-state index contributed by atoms with van der Waals surface area (Å²) < 4.78 is 34.2. The van der Waals surface area contributed by atoms with Gasteiger partial charge in [-0.1, -0.05) is 12.1 Å². The van der Waals surface area contributed by atoms with E-state index in [1.54, 1.807) is 48.5 Å². The number of carboxylic acids is 1. The maximum Gasteiger partial charge on any atom is 0.335 e. The molecule has 1 unspecified atom stereocenters.